The molecule has 0 aromatic carbocycles. The predicted molar refractivity (Wildman–Crippen MR) is 84.7 cm³/mol. The highest BCUT2D eigenvalue weighted by molar-refractivity contribution is 6.30. The molecule has 0 unspecified atom stereocenters. The number of fused-ring (bicyclic) bond motifs is 1. The zero-order valence-corrected chi connectivity index (χ0v) is 13.1. The molecule has 0 radical (unpaired) electrons. The third kappa shape index (κ3) is 3.12. The molecule has 108 valence electrons. The minimum Gasteiger partial charge on any atom is -0.365 e. The first kappa shape index (κ1) is 14.9. The van der Waals surface area contributed by atoms with E-state index in [1.807, 2.05) is 40.0 Å². The molecule has 4 nitrogen and oxygen atoms in total. The summed E-state index contributed by atoms with van der Waals surface area (Å²) in [7, 11) is 0. The number of nitrogens with one attached hydrogen (secondary N) is 1. The van der Waals surface area contributed by atoms with Crippen LogP contribution in [0.3, 0.4) is 0 Å². The quantitative estimate of drug-likeness (QED) is 0.878. The average Bonchev–Trinajstić information content (AvgIpc) is 2.30. The fraction of sp³-hybridized carbons (Fsp3) is 0.467. The lowest BCUT2D eigenvalue weighted by molar-refractivity contribution is 0.630. The van der Waals surface area contributed by atoms with E-state index in [1.54, 1.807) is 10.6 Å². The highest BCUT2D eigenvalue weighted by Crippen LogP contribution is 2.24. The SMILES string of the molecule is CCCn1ccc2cc(Cl)nc(NC(C)(C)C)c2c1=O. The van der Waals surface area contributed by atoms with Gasteiger partial charge in [0, 0.05) is 18.3 Å². The topological polar surface area (TPSA) is 46.9 Å². The standard InChI is InChI=1S/C15H20ClN3O/c1-5-7-19-8-6-10-9-11(16)17-13(12(10)14(19)20)18-15(2,3)4/h6,8-9H,5,7H2,1-4H3,(H,17,18). The third-order valence-corrected chi connectivity index (χ3v) is 3.08. The monoisotopic (exact) mass is 293 g/mol. The molecular weight excluding hydrogens is 274 g/mol. The van der Waals surface area contributed by atoms with Crippen molar-refractivity contribution in [2.45, 2.75) is 46.2 Å². The minimum atomic E-state index is -0.192. The largest absolute Gasteiger partial charge is 0.365 e. The van der Waals surface area contributed by atoms with Crippen LogP contribution in [-0.2, 0) is 6.54 Å². The van der Waals surface area contributed by atoms with Crippen LogP contribution >= 0.6 is 11.6 Å². The van der Waals surface area contributed by atoms with Crippen LogP contribution in [0.1, 0.15) is 34.1 Å². The maximum absolute atomic E-state index is 12.6. The van der Waals surface area contributed by atoms with E-state index in [4.69, 9.17) is 11.6 Å². The number of pyridine rings is 2. The molecule has 5 heteroatoms. The summed E-state index contributed by atoms with van der Waals surface area (Å²) in [6.07, 6.45) is 2.72. The Morgan fingerprint density at radius 3 is 2.70 bits per heavy atom. The second-order valence-corrected chi connectivity index (χ2v) is 6.33. The van der Waals surface area contributed by atoms with Crippen molar-refractivity contribution in [2.75, 3.05) is 5.32 Å². The fourth-order valence-electron chi connectivity index (χ4n) is 2.13. The van der Waals surface area contributed by atoms with Gasteiger partial charge in [-0.15, -0.1) is 0 Å². The maximum Gasteiger partial charge on any atom is 0.262 e. The Hall–Kier alpha value is -1.55. The number of halogens is 1. The normalized spacial score (nSPS) is 11.8. The first-order valence-corrected chi connectivity index (χ1v) is 7.17. The summed E-state index contributed by atoms with van der Waals surface area (Å²) in [5, 5.41) is 5.06. The van der Waals surface area contributed by atoms with Gasteiger partial charge in [0.15, 0.2) is 0 Å². The second-order valence-electron chi connectivity index (χ2n) is 5.95. The molecule has 0 saturated carbocycles. The molecule has 1 N–H and O–H groups in total. The van der Waals surface area contributed by atoms with Gasteiger partial charge < -0.3 is 9.88 Å². The molecule has 0 saturated heterocycles. The summed E-state index contributed by atoms with van der Waals surface area (Å²) in [5.74, 6) is 0.551. The molecule has 0 atom stereocenters. The van der Waals surface area contributed by atoms with Gasteiger partial charge in [0.1, 0.15) is 11.0 Å². The summed E-state index contributed by atoms with van der Waals surface area (Å²) in [6.45, 7) is 8.82. The van der Waals surface area contributed by atoms with E-state index in [0.717, 1.165) is 11.8 Å². The van der Waals surface area contributed by atoms with Crippen LogP contribution in [0.2, 0.25) is 5.15 Å². The Bertz CT molecular complexity index is 686. The van der Waals surface area contributed by atoms with Gasteiger partial charge in [-0.1, -0.05) is 18.5 Å². The van der Waals surface area contributed by atoms with E-state index < -0.39 is 0 Å². The lowest BCUT2D eigenvalue weighted by Crippen LogP contribution is -2.29. The Labute approximate surface area is 123 Å². The predicted octanol–water partition coefficient (Wildman–Crippen LogP) is 3.67. The van der Waals surface area contributed by atoms with Crippen molar-refractivity contribution in [1.29, 1.82) is 0 Å². The Kier molecular flexibility index (Phi) is 4.04. The number of hydrogen-bond acceptors (Lipinski definition) is 3. The van der Waals surface area contributed by atoms with Crippen molar-refractivity contribution in [3.8, 4) is 0 Å². The van der Waals surface area contributed by atoms with Crippen molar-refractivity contribution in [3.05, 3.63) is 33.8 Å². The zero-order valence-electron chi connectivity index (χ0n) is 12.3. The van der Waals surface area contributed by atoms with Crippen LogP contribution < -0.4 is 10.9 Å². The molecule has 2 aromatic rings. The lowest BCUT2D eigenvalue weighted by Gasteiger charge is -2.22. The second kappa shape index (κ2) is 5.44. The van der Waals surface area contributed by atoms with E-state index in [0.29, 0.717) is 22.9 Å². The highest BCUT2D eigenvalue weighted by Gasteiger charge is 2.16. The van der Waals surface area contributed by atoms with Crippen molar-refractivity contribution >= 4 is 28.2 Å². The summed E-state index contributed by atoms with van der Waals surface area (Å²) in [4.78, 5) is 16.9. The van der Waals surface area contributed by atoms with Crippen molar-refractivity contribution in [3.63, 3.8) is 0 Å². The lowest BCUT2D eigenvalue weighted by atomic mass is 10.1. The Morgan fingerprint density at radius 1 is 1.40 bits per heavy atom. The van der Waals surface area contributed by atoms with Gasteiger partial charge in [0.05, 0.1) is 5.39 Å². The van der Waals surface area contributed by atoms with Crippen LogP contribution in [0.4, 0.5) is 5.82 Å². The first-order valence-electron chi connectivity index (χ1n) is 6.79. The molecule has 0 bridgehead atoms. The van der Waals surface area contributed by atoms with Crippen LogP contribution in [-0.4, -0.2) is 15.1 Å². The van der Waals surface area contributed by atoms with Crippen LogP contribution in [0.15, 0.2) is 23.1 Å². The molecule has 0 aliphatic heterocycles. The van der Waals surface area contributed by atoms with Crippen molar-refractivity contribution < 1.29 is 0 Å². The van der Waals surface area contributed by atoms with Gasteiger partial charge in [-0.05, 0) is 44.7 Å². The number of aryl methyl sites for hydroxylation is 1. The van der Waals surface area contributed by atoms with Gasteiger partial charge in [0.25, 0.3) is 5.56 Å². The van der Waals surface area contributed by atoms with Gasteiger partial charge >= 0.3 is 0 Å². The van der Waals surface area contributed by atoms with Crippen molar-refractivity contribution in [2.24, 2.45) is 0 Å². The smallest absolute Gasteiger partial charge is 0.262 e. The summed E-state index contributed by atoms with van der Waals surface area (Å²) in [5.41, 5.74) is -0.220. The van der Waals surface area contributed by atoms with E-state index in [1.165, 1.54) is 0 Å². The summed E-state index contributed by atoms with van der Waals surface area (Å²) >= 11 is 6.05. The molecule has 0 fully saturated rings. The van der Waals surface area contributed by atoms with Gasteiger partial charge in [0.2, 0.25) is 0 Å². The van der Waals surface area contributed by atoms with Gasteiger partial charge in [-0.2, -0.15) is 0 Å². The number of hydrogen-bond donors (Lipinski definition) is 1. The molecule has 2 heterocycles. The molecule has 2 aromatic heterocycles. The molecule has 20 heavy (non-hydrogen) atoms. The van der Waals surface area contributed by atoms with Crippen molar-refractivity contribution in [1.82, 2.24) is 9.55 Å². The van der Waals surface area contributed by atoms with Crippen LogP contribution in [0.5, 0.6) is 0 Å². The summed E-state index contributed by atoms with van der Waals surface area (Å²) in [6, 6.07) is 3.64. The Balaban J connectivity index is 2.71. The van der Waals surface area contributed by atoms with E-state index >= 15 is 0 Å². The summed E-state index contributed by atoms with van der Waals surface area (Å²) < 4.78 is 1.71. The molecular formula is C15H20ClN3O. The minimum absolute atomic E-state index is 0.0275. The van der Waals surface area contributed by atoms with E-state index in [9.17, 15) is 4.79 Å². The molecule has 0 amide bonds. The van der Waals surface area contributed by atoms with Gasteiger partial charge in [-0.3, -0.25) is 4.79 Å². The first-order chi connectivity index (χ1) is 9.31. The number of aromatic nitrogens is 2. The van der Waals surface area contributed by atoms with Gasteiger partial charge in [-0.25, -0.2) is 4.98 Å². The number of anilines is 1. The highest BCUT2D eigenvalue weighted by atomic mass is 35.5. The molecule has 0 aliphatic rings. The molecule has 0 aliphatic carbocycles. The average molecular weight is 294 g/mol. The fourth-order valence-corrected chi connectivity index (χ4v) is 2.33. The third-order valence-electron chi connectivity index (χ3n) is 2.89. The van der Waals surface area contributed by atoms with E-state index in [-0.39, 0.29) is 11.1 Å². The molecule has 2 rings (SSSR count). The number of rotatable bonds is 3. The van der Waals surface area contributed by atoms with E-state index in [2.05, 4.69) is 10.3 Å². The zero-order chi connectivity index (χ0) is 14.9. The van der Waals surface area contributed by atoms with Crippen LogP contribution in [0.25, 0.3) is 10.8 Å². The molecule has 0 spiro atoms. The maximum atomic E-state index is 12.6. The number of nitrogens with zero attached hydrogens (tertiary/aromatic N) is 2. The van der Waals surface area contributed by atoms with Crippen LogP contribution in [0, 0.1) is 0 Å². The Morgan fingerprint density at radius 2 is 2.10 bits per heavy atom.